The van der Waals surface area contributed by atoms with Crippen LogP contribution in [-0.4, -0.2) is 43.7 Å². The van der Waals surface area contributed by atoms with Crippen LogP contribution in [0.25, 0.3) is 0 Å². The number of hydrogen-bond donors (Lipinski definition) is 3. The highest BCUT2D eigenvalue weighted by Gasteiger charge is 2.16. The van der Waals surface area contributed by atoms with Crippen molar-refractivity contribution < 1.29 is 23.9 Å². The van der Waals surface area contributed by atoms with Gasteiger partial charge in [-0.1, -0.05) is 30.7 Å². The number of amides is 3. The zero-order valence-corrected chi connectivity index (χ0v) is 20.6. The Hall–Kier alpha value is -3.11. The number of hydrazone groups is 1. The smallest absolute Gasteiger partial charge is 0.329 e. The fourth-order valence-corrected chi connectivity index (χ4v) is 3.21. The van der Waals surface area contributed by atoms with E-state index >= 15 is 0 Å². The number of para-hydroxylation sites is 1. The molecular formula is C22H24BrClN4O5. The summed E-state index contributed by atoms with van der Waals surface area (Å²) in [4.78, 5) is 35.7. The van der Waals surface area contributed by atoms with Gasteiger partial charge in [-0.05, 0) is 59.1 Å². The SMILES string of the molecule is CC[C@H](C)NC(=O)C(=O)N/N=C\c1cc(Br)c(OCC(=O)Nc2ccccc2Cl)c(OC)c1. The minimum Gasteiger partial charge on any atom is -0.493 e. The van der Waals surface area contributed by atoms with E-state index in [9.17, 15) is 14.4 Å². The first-order chi connectivity index (χ1) is 15.7. The molecule has 0 aliphatic rings. The van der Waals surface area contributed by atoms with Crippen LogP contribution >= 0.6 is 27.5 Å². The third kappa shape index (κ3) is 8.07. The first-order valence-electron chi connectivity index (χ1n) is 9.93. The van der Waals surface area contributed by atoms with Crippen LogP contribution in [0.5, 0.6) is 11.5 Å². The molecule has 0 radical (unpaired) electrons. The topological polar surface area (TPSA) is 118 Å². The van der Waals surface area contributed by atoms with E-state index in [1.54, 1.807) is 43.3 Å². The van der Waals surface area contributed by atoms with Gasteiger partial charge in [0.15, 0.2) is 18.1 Å². The van der Waals surface area contributed by atoms with Crippen LogP contribution < -0.4 is 25.5 Å². The molecule has 9 nitrogen and oxygen atoms in total. The normalized spacial score (nSPS) is 11.5. The number of hydrogen-bond acceptors (Lipinski definition) is 6. The molecule has 11 heteroatoms. The van der Waals surface area contributed by atoms with Crippen molar-refractivity contribution in [2.75, 3.05) is 19.0 Å². The summed E-state index contributed by atoms with van der Waals surface area (Å²) >= 11 is 9.41. The molecule has 3 amide bonds. The van der Waals surface area contributed by atoms with Crippen LogP contribution in [-0.2, 0) is 14.4 Å². The predicted molar refractivity (Wildman–Crippen MR) is 130 cm³/mol. The number of nitrogens with zero attached hydrogens (tertiary/aromatic N) is 1. The average molecular weight is 540 g/mol. The van der Waals surface area contributed by atoms with Crippen LogP contribution in [0.3, 0.4) is 0 Å². The van der Waals surface area contributed by atoms with Gasteiger partial charge in [-0.25, -0.2) is 5.43 Å². The fourth-order valence-electron chi connectivity index (χ4n) is 2.45. The van der Waals surface area contributed by atoms with Crippen molar-refractivity contribution in [3.8, 4) is 11.5 Å². The van der Waals surface area contributed by atoms with E-state index < -0.39 is 17.7 Å². The highest BCUT2D eigenvalue weighted by Crippen LogP contribution is 2.36. The van der Waals surface area contributed by atoms with Crippen LogP contribution in [0.15, 0.2) is 46.0 Å². The van der Waals surface area contributed by atoms with Gasteiger partial charge in [-0.3, -0.25) is 14.4 Å². The van der Waals surface area contributed by atoms with E-state index in [-0.39, 0.29) is 12.6 Å². The lowest BCUT2D eigenvalue weighted by Crippen LogP contribution is -2.41. The molecule has 0 saturated heterocycles. The van der Waals surface area contributed by atoms with Gasteiger partial charge in [0.2, 0.25) is 0 Å². The summed E-state index contributed by atoms with van der Waals surface area (Å²) in [5.74, 6) is -1.40. The van der Waals surface area contributed by atoms with E-state index in [4.69, 9.17) is 21.1 Å². The fraction of sp³-hybridized carbons (Fsp3) is 0.273. The number of ether oxygens (including phenoxy) is 2. The van der Waals surface area contributed by atoms with Gasteiger partial charge in [-0.15, -0.1) is 0 Å². The van der Waals surface area contributed by atoms with Crippen LogP contribution in [0.4, 0.5) is 5.69 Å². The molecule has 2 aromatic carbocycles. The van der Waals surface area contributed by atoms with Crippen LogP contribution in [0.2, 0.25) is 5.02 Å². The Balaban J connectivity index is 2.00. The lowest BCUT2D eigenvalue weighted by Gasteiger charge is -2.14. The minimum atomic E-state index is -0.873. The molecule has 1 atom stereocenters. The van der Waals surface area contributed by atoms with Crippen molar-refractivity contribution in [3.05, 3.63) is 51.5 Å². The molecule has 33 heavy (non-hydrogen) atoms. The molecule has 2 rings (SSSR count). The molecule has 0 fully saturated rings. The highest BCUT2D eigenvalue weighted by atomic mass is 79.9. The summed E-state index contributed by atoms with van der Waals surface area (Å²) in [7, 11) is 1.44. The zero-order chi connectivity index (χ0) is 24.4. The van der Waals surface area contributed by atoms with Gasteiger partial charge in [0.1, 0.15) is 0 Å². The van der Waals surface area contributed by atoms with Gasteiger partial charge in [0.25, 0.3) is 5.91 Å². The van der Waals surface area contributed by atoms with Crippen molar-refractivity contribution in [3.63, 3.8) is 0 Å². The average Bonchev–Trinajstić information content (AvgIpc) is 2.79. The lowest BCUT2D eigenvalue weighted by atomic mass is 10.2. The number of halogens is 2. The third-order valence-corrected chi connectivity index (χ3v) is 5.24. The molecule has 0 bridgehead atoms. The van der Waals surface area contributed by atoms with Crippen molar-refractivity contribution in [2.45, 2.75) is 26.3 Å². The van der Waals surface area contributed by atoms with Gasteiger partial charge >= 0.3 is 11.8 Å². The molecule has 0 aliphatic heterocycles. The molecular weight excluding hydrogens is 516 g/mol. The maximum Gasteiger partial charge on any atom is 0.329 e. The third-order valence-electron chi connectivity index (χ3n) is 4.32. The summed E-state index contributed by atoms with van der Waals surface area (Å²) in [6.07, 6.45) is 2.04. The van der Waals surface area contributed by atoms with E-state index in [0.29, 0.717) is 38.7 Å². The molecule has 0 unspecified atom stereocenters. The molecule has 3 N–H and O–H groups in total. The Kier molecular flexibility index (Phi) is 10.1. The van der Waals surface area contributed by atoms with Crippen molar-refractivity contribution in [1.82, 2.24) is 10.7 Å². The molecule has 0 aliphatic carbocycles. The van der Waals surface area contributed by atoms with Gasteiger partial charge in [0, 0.05) is 6.04 Å². The second kappa shape index (κ2) is 12.8. The first kappa shape index (κ1) is 26.1. The summed E-state index contributed by atoms with van der Waals surface area (Å²) < 4.78 is 11.4. The summed E-state index contributed by atoms with van der Waals surface area (Å²) in [5.41, 5.74) is 3.19. The maximum atomic E-state index is 12.2. The van der Waals surface area contributed by atoms with Gasteiger partial charge in [0.05, 0.1) is 28.5 Å². The highest BCUT2D eigenvalue weighted by molar-refractivity contribution is 9.10. The Bertz CT molecular complexity index is 1050. The second-order valence-electron chi connectivity index (χ2n) is 6.83. The summed E-state index contributed by atoms with van der Waals surface area (Å²) in [6.45, 7) is 3.40. The predicted octanol–water partition coefficient (Wildman–Crippen LogP) is 3.49. The molecule has 2 aromatic rings. The number of nitrogens with one attached hydrogen (secondary N) is 3. The van der Waals surface area contributed by atoms with E-state index in [0.717, 1.165) is 0 Å². The lowest BCUT2D eigenvalue weighted by molar-refractivity contribution is -0.139. The Morgan fingerprint density at radius 1 is 1.21 bits per heavy atom. The Morgan fingerprint density at radius 2 is 1.94 bits per heavy atom. The maximum absolute atomic E-state index is 12.2. The quantitative estimate of drug-likeness (QED) is 0.256. The molecule has 0 heterocycles. The largest absolute Gasteiger partial charge is 0.493 e. The standard InChI is InChI=1S/C22H24BrClN4O5/c1-4-13(2)26-21(30)22(31)28-25-11-14-9-15(23)20(18(10-14)32-3)33-12-19(29)27-17-8-6-5-7-16(17)24/h5-11,13H,4,12H2,1-3H3,(H,26,30)(H,27,29)(H,28,31)/b25-11-/t13-/m0/s1. The number of carbonyl (C=O) groups is 3. The van der Waals surface area contributed by atoms with Crippen molar-refractivity contribution >= 4 is 57.2 Å². The molecule has 0 saturated carbocycles. The van der Waals surface area contributed by atoms with E-state index in [1.165, 1.54) is 13.3 Å². The van der Waals surface area contributed by atoms with Gasteiger partial charge < -0.3 is 20.1 Å². The Morgan fingerprint density at radius 3 is 2.61 bits per heavy atom. The Labute approximate surface area is 205 Å². The zero-order valence-electron chi connectivity index (χ0n) is 18.3. The number of methoxy groups -OCH3 is 1. The number of carbonyl (C=O) groups excluding carboxylic acids is 3. The minimum absolute atomic E-state index is 0.119. The van der Waals surface area contributed by atoms with Crippen molar-refractivity contribution in [2.24, 2.45) is 5.10 Å². The van der Waals surface area contributed by atoms with E-state index in [2.05, 4.69) is 37.1 Å². The number of anilines is 1. The summed E-state index contributed by atoms with van der Waals surface area (Å²) in [5, 5.41) is 9.42. The second-order valence-corrected chi connectivity index (χ2v) is 8.09. The van der Waals surface area contributed by atoms with Crippen LogP contribution in [0.1, 0.15) is 25.8 Å². The molecule has 0 aromatic heterocycles. The van der Waals surface area contributed by atoms with E-state index in [1.807, 2.05) is 6.92 Å². The van der Waals surface area contributed by atoms with Crippen LogP contribution in [0, 0.1) is 0 Å². The monoisotopic (exact) mass is 538 g/mol. The van der Waals surface area contributed by atoms with Gasteiger partial charge in [-0.2, -0.15) is 5.10 Å². The number of benzene rings is 2. The molecule has 0 spiro atoms. The van der Waals surface area contributed by atoms with Crippen molar-refractivity contribution in [1.29, 1.82) is 0 Å². The summed E-state index contributed by atoms with van der Waals surface area (Å²) in [6, 6.07) is 9.99. The number of rotatable bonds is 9. The molecule has 176 valence electrons. The first-order valence-corrected chi connectivity index (χ1v) is 11.1.